The average molecular weight is 323 g/mol. The summed E-state index contributed by atoms with van der Waals surface area (Å²) in [5.74, 6) is -0.398. The molecule has 1 unspecified atom stereocenters. The van der Waals surface area contributed by atoms with E-state index in [0.717, 1.165) is 4.47 Å². The summed E-state index contributed by atoms with van der Waals surface area (Å²) < 4.78 is 0.737. The molecular weight excluding hydrogens is 309 g/mol. The second-order valence-corrected chi connectivity index (χ2v) is 5.28. The second-order valence-electron chi connectivity index (χ2n) is 3.96. The van der Waals surface area contributed by atoms with Gasteiger partial charge in [0.1, 0.15) is 5.60 Å². The van der Waals surface area contributed by atoms with Gasteiger partial charge >= 0.3 is 0 Å². The first-order chi connectivity index (χ1) is 7.85. The Morgan fingerprint density at radius 2 is 2.24 bits per heavy atom. The maximum absolute atomic E-state index is 11.8. The molecule has 4 nitrogen and oxygen atoms in total. The van der Waals surface area contributed by atoms with Crippen LogP contribution in [0.3, 0.4) is 0 Å². The van der Waals surface area contributed by atoms with Gasteiger partial charge in [-0.15, -0.1) is 0 Å². The van der Waals surface area contributed by atoms with Crippen LogP contribution >= 0.6 is 27.5 Å². The lowest BCUT2D eigenvalue weighted by Gasteiger charge is -2.20. The summed E-state index contributed by atoms with van der Waals surface area (Å²) in [5.41, 5.74) is -1.02. The van der Waals surface area contributed by atoms with Crippen LogP contribution in [0.2, 0.25) is 5.02 Å². The van der Waals surface area contributed by atoms with Crippen LogP contribution in [0.1, 0.15) is 17.3 Å². The molecule has 0 heterocycles. The van der Waals surface area contributed by atoms with Crippen molar-refractivity contribution >= 4 is 33.4 Å². The van der Waals surface area contributed by atoms with Crippen LogP contribution in [0, 0.1) is 0 Å². The van der Waals surface area contributed by atoms with Gasteiger partial charge in [-0.2, -0.15) is 0 Å². The molecule has 1 aromatic carbocycles. The number of amides is 1. The number of hydrogen-bond donors (Lipinski definition) is 3. The third-order valence-electron chi connectivity index (χ3n) is 2.14. The van der Waals surface area contributed by atoms with Gasteiger partial charge in [-0.1, -0.05) is 27.5 Å². The monoisotopic (exact) mass is 321 g/mol. The fourth-order valence-electron chi connectivity index (χ4n) is 1.09. The summed E-state index contributed by atoms with van der Waals surface area (Å²) in [6.07, 6.45) is 0. The standard InChI is InChI=1S/C11H13BrClNO3/c1-11(17,6-15)5-14-10(16)8-4-7(12)2-3-9(8)13/h2-4,15,17H,5-6H2,1H3,(H,14,16). The predicted octanol–water partition coefficient (Wildman–Crippen LogP) is 1.58. The predicted molar refractivity (Wildman–Crippen MR) is 69.2 cm³/mol. The van der Waals surface area contributed by atoms with Crippen LogP contribution < -0.4 is 5.32 Å². The van der Waals surface area contributed by atoms with E-state index in [1.807, 2.05) is 0 Å². The Balaban J connectivity index is 2.74. The second kappa shape index (κ2) is 5.82. The number of carbonyl (C=O) groups excluding carboxylic acids is 1. The Bertz CT molecular complexity index is 423. The van der Waals surface area contributed by atoms with Gasteiger partial charge in [0.05, 0.1) is 17.2 Å². The minimum atomic E-state index is -1.34. The zero-order valence-electron chi connectivity index (χ0n) is 9.20. The number of benzene rings is 1. The Hall–Kier alpha value is -0.620. The van der Waals surface area contributed by atoms with Crippen LogP contribution in [-0.4, -0.2) is 34.9 Å². The molecule has 0 saturated carbocycles. The Morgan fingerprint density at radius 1 is 1.59 bits per heavy atom. The lowest BCUT2D eigenvalue weighted by atomic mass is 10.1. The van der Waals surface area contributed by atoms with Crippen LogP contribution in [0.4, 0.5) is 0 Å². The van der Waals surface area contributed by atoms with E-state index < -0.39 is 18.1 Å². The molecular formula is C11H13BrClNO3. The van der Waals surface area contributed by atoms with Crippen molar-refractivity contribution in [3.63, 3.8) is 0 Å². The highest BCUT2D eigenvalue weighted by Crippen LogP contribution is 2.20. The van der Waals surface area contributed by atoms with Gasteiger partial charge < -0.3 is 15.5 Å². The van der Waals surface area contributed by atoms with E-state index in [-0.39, 0.29) is 6.54 Å². The van der Waals surface area contributed by atoms with Crippen molar-refractivity contribution in [3.05, 3.63) is 33.3 Å². The lowest BCUT2D eigenvalue weighted by Crippen LogP contribution is -2.43. The van der Waals surface area contributed by atoms with Crippen LogP contribution in [-0.2, 0) is 0 Å². The normalized spacial score (nSPS) is 14.2. The number of nitrogens with one attached hydrogen (secondary N) is 1. The first-order valence-electron chi connectivity index (χ1n) is 4.92. The first kappa shape index (κ1) is 14.4. The SMILES string of the molecule is CC(O)(CO)CNC(=O)c1cc(Br)ccc1Cl. The number of aliphatic hydroxyl groups excluding tert-OH is 1. The quantitative estimate of drug-likeness (QED) is 0.788. The molecule has 1 rings (SSSR count). The summed E-state index contributed by atoms with van der Waals surface area (Å²) in [6, 6.07) is 4.92. The fraction of sp³-hybridized carbons (Fsp3) is 0.364. The van der Waals surface area contributed by atoms with Gasteiger partial charge in [0.25, 0.3) is 5.91 Å². The van der Waals surface area contributed by atoms with Crippen LogP contribution in [0.25, 0.3) is 0 Å². The zero-order valence-corrected chi connectivity index (χ0v) is 11.5. The minimum Gasteiger partial charge on any atom is -0.393 e. The summed E-state index contributed by atoms with van der Waals surface area (Å²) >= 11 is 9.12. The number of carbonyl (C=O) groups is 1. The number of halogens is 2. The number of aliphatic hydroxyl groups is 2. The fourth-order valence-corrected chi connectivity index (χ4v) is 1.66. The first-order valence-corrected chi connectivity index (χ1v) is 6.09. The third-order valence-corrected chi connectivity index (χ3v) is 2.97. The lowest BCUT2D eigenvalue weighted by molar-refractivity contribution is 0.00320. The van der Waals surface area contributed by atoms with Crippen molar-refractivity contribution in [1.82, 2.24) is 5.32 Å². The smallest absolute Gasteiger partial charge is 0.252 e. The van der Waals surface area contributed by atoms with Crippen molar-refractivity contribution in [3.8, 4) is 0 Å². The van der Waals surface area contributed by atoms with E-state index in [4.69, 9.17) is 16.7 Å². The molecule has 1 aromatic rings. The summed E-state index contributed by atoms with van der Waals surface area (Å²) in [7, 11) is 0. The van der Waals surface area contributed by atoms with E-state index in [0.29, 0.717) is 10.6 Å². The van der Waals surface area contributed by atoms with Crippen molar-refractivity contribution in [2.75, 3.05) is 13.2 Å². The highest BCUT2D eigenvalue weighted by molar-refractivity contribution is 9.10. The third kappa shape index (κ3) is 4.27. The Labute approximate surface area is 113 Å². The molecule has 0 aliphatic rings. The summed E-state index contributed by atoms with van der Waals surface area (Å²) in [6.45, 7) is 0.945. The maximum Gasteiger partial charge on any atom is 0.252 e. The van der Waals surface area contributed by atoms with Crippen molar-refractivity contribution < 1.29 is 15.0 Å². The summed E-state index contributed by atoms with van der Waals surface area (Å²) in [4.78, 5) is 11.8. The van der Waals surface area contributed by atoms with Crippen LogP contribution in [0.5, 0.6) is 0 Å². The highest BCUT2D eigenvalue weighted by atomic mass is 79.9. The molecule has 0 fully saturated rings. The highest BCUT2D eigenvalue weighted by Gasteiger charge is 2.21. The molecule has 0 radical (unpaired) electrons. The van der Waals surface area contributed by atoms with Crippen molar-refractivity contribution in [2.24, 2.45) is 0 Å². The molecule has 94 valence electrons. The molecule has 0 saturated heterocycles. The summed E-state index contributed by atoms with van der Waals surface area (Å²) in [5, 5.41) is 21.2. The van der Waals surface area contributed by atoms with Gasteiger partial charge in [-0.25, -0.2) is 0 Å². The van der Waals surface area contributed by atoms with E-state index in [9.17, 15) is 9.90 Å². The van der Waals surface area contributed by atoms with E-state index >= 15 is 0 Å². The molecule has 1 atom stereocenters. The molecule has 0 aliphatic heterocycles. The number of rotatable bonds is 4. The van der Waals surface area contributed by atoms with E-state index in [1.165, 1.54) is 6.92 Å². The largest absolute Gasteiger partial charge is 0.393 e. The van der Waals surface area contributed by atoms with Gasteiger partial charge in [0, 0.05) is 11.0 Å². The molecule has 0 spiro atoms. The zero-order chi connectivity index (χ0) is 13.1. The maximum atomic E-state index is 11.8. The number of hydrogen-bond acceptors (Lipinski definition) is 3. The van der Waals surface area contributed by atoms with Crippen LogP contribution in [0.15, 0.2) is 22.7 Å². The van der Waals surface area contributed by atoms with E-state index in [1.54, 1.807) is 18.2 Å². The molecule has 6 heteroatoms. The van der Waals surface area contributed by atoms with Gasteiger partial charge in [-0.05, 0) is 25.1 Å². The van der Waals surface area contributed by atoms with Gasteiger partial charge in [0.2, 0.25) is 0 Å². The minimum absolute atomic E-state index is 0.0504. The molecule has 3 N–H and O–H groups in total. The molecule has 0 bridgehead atoms. The van der Waals surface area contributed by atoms with Crippen molar-refractivity contribution in [2.45, 2.75) is 12.5 Å². The molecule has 1 amide bonds. The Morgan fingerprint density at radius 3 is 2.82 bits per heavy atom. The molecule has 0 aromatic heterocycles. The topological polar surface area (TPSA) is 69.6 Å². The molecule has 17 heavy (non-hydrogen) atoms. The van der Waals surface area contributed by atoms with Gasteiger partial charge in [0.15, 0.2) is 0 Å². The van der Waals surface area contributed by atoms with Gasteiger partial charge in [-0.3, -0.25) is 4.79 Å². The van der Waals surface area contributed by atoms with Crippen molar-refractivity contribution in [1.29, 1.82) is 0 Å². The average Bonchev–Trinajstić information content (AvgIpc) is 2.29. The van der Waals surface area contributed by atoms with E-state index in [2.05, 4.69) is 21.2 Å². The Kier molecular flexibility index (Phi) is 4.94. The molecule has 0 aliphatic carbocycles.